The van der Waals surface area contributed by atoms with Gasteiger partial charge in [-0.3, -0.25) is 4.98 Å². The zero-order chi connectivity index (χ0) is 32.0. The summed E-state index contributed by atoms with van der Waals surface area (Å²) >= 11 is 1.47. The summed E-state index contributed by atoms with van der Waals surface area (Å²) in [6, 6.07) is 21.0. The van der Waals surface area contributed by atoms with E-state index in [4.69, 9.17) is 13.2 Å². The Bertz CT molecular complexity index is 1780. The number of benzene rings is 1. The molecule has 0 unspecified atom stereocenters. The maximum Gasteiger partial charge on any atom is 0.0832 e. The summed E-state index contributed by atoms with van der Waals surface area (Å²) in [6.45, 7) is -0.548. The van der Waals surface area contributed by atoms with Crippen molar-refractivity contribution >= 4 is 27.1 Å². The van der Waals surface area contributed by atoms with E-state index in [1.807, 2.05) is 54.2 Å². The summed E-state index contributed by atoms with van der Waals surface area (Å²) < 4.78 is 48.4. The van der Waals surface area contributed by atoms with Gasteiger partial charge < -0.3 is 9.98 Å². The van der Waals surface area contributed by atoms with Gasteiger partial charge in [-0.05, 0) is 67.9 Å². The SMILES string of the molecule is CC1=CN=C(c2[c-]cccc2)CC1.[2H]c1nc(-c2[c-]cccc3ccnc(C4CCCCC4)c3sc2)c([2H])c([2H])c1C([2H])([2H])[2H].[Ir]. The van der Waals surface area contributed by atoms with Crippen LogP contribution in [0.2, 0.25) is 0 Å². The number of rotatable bonds is 3. The number of fused-ring (bicyclic) bond motifs is 1. The minimum absolute atomic E-state index is 0. The van der Waals surface area contributed by atoms with E-state index < -0.39 is 24.6 Å². The second kappa shape index (κ2) is 15.1. The van der Waals surface area contributed by atoms with Crippen LogP contribution in [0, 0.1) is 19.0 Å². The molecule has 3 aromatic heterocycles. The van der Waals surface area contributed by atoms with E-state index in [1.165, 1.54) is 36.2 Å². The average molecular weight is 728 g/mol. The summed E-state index contributed by atoms with van der Waals surface area (Å²) in [5, 5.41) is 2.87. The van der Waals surface area contributed by atoms with Crippen molar-refractivity contribution < 1.29 is 28.3 Å². The van der Waals surface area contributed by atoms with E-state index in [0.717, 1.165) is 52.7 Å². The fourth-order valence-electron chi connectivity index (χ4n) is 4.80. The molecule has 0 spiro atoms. The Morgan fingerprint density at radius 2 is 1.80 bits per heavy atom. The van der Waals surface area contributed by atoms with Gasteiger partial charge in [0.05, 0.1) is 9.81 Å². The van der Waals surface area contributed by atoms with Gasteiger partial charge >= 0.3 is 0 Å². The molecular weight excluding hydrogens is 687 g/mol. The van der Waals surface area contributed by atoms with Crippen molar-refractivity contribution in [3.05, 3.63) is 119 Å². The molecule has 1 aliphatic heterocycles. The van der Waals surface area contributed by atoms with Crippen molar-refractivity contribution in [2.45, 2.75) is 64.6 Å². The van der Waals surface area contributed by atoms with Crippen LogP contribution in [0.5, 0.6) is 0 Å². The Kier molecular flexibility index (Phi) is 8.58. The molecule has 1 aromatic carbocycles. The van der Waals surface area contributed by atoms with E-state index in [-0.39, 0.29) is 31.8 Å². The summed E-state index contributed by atoms with van der Waals surface area (Å²) in [4.78, 5) is 13.2. The molecule has 207 valence electrons. The Labute approximate surface area is 264 Å². The number of allylic oxidation sites excluding steroid dienone is 1. The van der Waals surface area contributed by atoms with E-state index in [0.29, 0.717) is 11.5 Å². The molecule has 2 aliphatic rings. The third-order valence-corrected chi connectivity index (χ3v) is 7.95. The molecule has 0 bridgehead atoms. The van der Waals surface area contributed by atoms with E-state index in [9.17, 15) is 0 Å². The maximum absolute atomic E-state index is 8.36. The zero-order valence-corrected chi connectivity index (χ0v) is 25.7. The second-order valence-electron chi connectivity index (χ2n) is 9.79. The first-order chi connectivity index (χ1) is 21.6. The number of pyridine rings is 2. The molecule has 0 atom stereocenters. The number of aliphatic imine (C=N–C) groups is 1. The monoisotopic (exact) mass is 728 g/mol. The number of hydrogen-bond acceptors (Lipinski definition) is 4. The molecule has 1 aliphatic carbocycles. The normalized spacial score (nSPS) is 17.5. The molecule has 0 N–H and O–H groups in total. The predicted molar refractivity (Wildman–Crippen MR) is 165 cm³/mol. The zero-order valence-electron chi connectivity index (χ0n) is 28.5. The smallest absolute Gasteiger partial charge is 0.0832 e. The van der Waals surface area contributed by atoms with Crippen molar-refractivity contribution in [3.8, 4) is 11.3 Å². The molecule has 5 heteroatoms. The Morgan fingerprint density at radius 1 is 0.950 bits per heavy atom. The van der Waals surface area contributed by atoms with Gasteiger partial charge in [0.25, 0.3) is 0 Å². The van der Waals surface area contributed by atoms with Gasteiger partial charge in [0, 0.05) is 53.4 Å². The number of nitrogens with zero attached hydrogens (tertiary/aromatic N) is 3. The number of hydrogen-bond donors (Lipinski definition) is 0. The van der Waals surface area contributed by atoms with Crippen molar-refractivity contribution in [3.63, 3.8) is 0 Å². The van der Waals surface area contributed by atoms with Crippen LogP contribution in [0.3, 0.4) is 0 Å². The van der Waals surface area contributed by atoms with Crippen LogP contribution in [0.15, 0.2) is 95.1 Å². The van der Waals surface area contributed by atoms with Gasteiger partial charge in [0.2, 0.25) is 0 Å². The fourth-order valence-corrected chi connectivity index (χ4v) is 5.83. The van der Waals surface area contributed by atoms with E-state index in [1.54, 1.807) is 6.07 Å². The standard InChI is InChI=1S/C23H23N2S.C12H12N.Ir/c1-17-11-12-21(25-15-17)20-10-6-5-9-19-13-14-24-22(23(19)26-16-20)18-7-3-2-4-8-18;1-10-7-8-12(13-9-10)11-5-3-2-4-6-11;/h5-6,9,11-16,18H,2-4,7-8H2,1H3;2-5,9H,7-8H2,1H3;/q2*-1;/i1D3,11D,12D,15D;;. The van der Waals surface area contributed by atoms with Crippen LogP contribution in [0.25, 0.3) is 21.3 Å². The van der Waals surface area contributed by atoms with Gasteiger partial charge in [-0.1, -0.05) is 48.4 Å². The third kappa shape index (κ3) is 8.04. The van der Waals surface area contributed by atoms with Crippen molar-refractivity contribution in [2.24, 2.45) is 4.99 Å². The first-order valence-electron chi connectivity index (χ1n) is 16.4. The number of aromatic nitrogens is 2. The first kappa shape index (κ1) is 22.7. The molecule has 40 heavy (non-hydrogen) atoms. The summed E-state index contributed by atoms with van der Waals surface area (Å²) in [5.74, 6) is 0.414. The third-order valence-electron chi connectivity index (χ3n) is 6.92. The molecule has 4 aromatic rings. The maximum atomic E-state index is 8.36. The van der Waals surface area contributed by atoms with E-state index in [2.05, 4.69) is 35.1 Å². The van der Waals surface area contributed by atoms with Gasteiger partial charge in [-0.2, -0.15) is 11.3 Å². The molecule has 4 heterocycles. The fraction of sp³-hybridized carbons (Fsp3) is 0.286. The molecule has 1 saturated carbocycles. The molecule has 1 fully saturated rings. The topological polar surface area (TPSA) is 38.1 Å². The molecule has 3 nitrogen and oxygen atoms in total. The molecule has 6 rings (SSSR count). The second-order valence-corrected chi connectivity index (χ2v) is 10.7. The first-order valence-corrected chi connectivity index (χ1v) is 14.3. The Morgan fingerprint density at radius 3 is 2.58 bits per heavy atom. The van der Waals surface area contributed by atoms with Gasteiger partial charge in [0.15, 0.2) is 0 Å². The minimum Gasteiger partial charge on any atom is -0.309 e. The Balaban J connectivity index is 0.000000287. The van der Waals surface area contributed by atoms with Crippen LogP contribution in [-0.2, 0) is 20.1 Å². The van der Waals surface area contributed by atoms with Crippen molar-refractivity contribution in [1.29, 1.82) is 0 Å². The summed E-state index contributed by atoms with van der Waals surface area (Å²) in [5.41, 5.74) is 4.75. The van der Waals surface area contributed by atoms with Crippen LogP contribution in [0.1, 0.15) is 82.8 Å². The van der Waals surface area contributed by atoms with Gasteiger partial charge in [0.1, 0.15) is 0 Å². The van der Waals surface area contributed by atoms with Crippen LogP contribution >= 0.6 is 11.3 Å². The van der Waals surface area contributed by atoms with Crippen LogP contribution < -0.4 is 0 Å². The molecule has 0 amide bonds. The quantitative estimate of drug-likeness (QED) is 0.197. The molecule has 1 radical (unpaired) electrons. The van der Waals surface area contributed by atoms with Crippen molar-refractivity contribution in [2.75, 3.05) is 0 Å². The predicted octanol–water partition coefficient (Wildman–Crippen LogP) is 9.61. The van der Waals surface area contributed by atoms with Crippen LogP contribution in [-0.4, -0.2) is 15.7 Å². The van der Waals surface area contributed by atoms with Gasteiger partial charge in [-0.25, -0.2) is 0 Å². The minimum atomic E-state index is -2.67. The molecule has 0 saturated heterocycles. The average Bonchev–Trinajstić information content (AvgIpc) is 3.14. The largest absolute Gasteiger partial charge is 0.309 e. The van der Waals surface area contributed by atoms with Gasteiger partial charge in [-0.15, -0.1) is 59.7 Å². The summed E-state index contributed by atoms with van der Waals surface area (Å²) in [6.07, 6.45) is 11.4. The van der Waals surface area contributed by atoms with Crippen LogP contribution in [0.4, 0.5) is 0 Å². The molecular formula is C35H35IrN3S-2. The summed E-state index contributed by atoms with van der Waals surface area (Å²) in [7, 11) is 0. The van der Waals surface area contributed by atoms with Crippen molar-refractivity contribution in [1.82, 2.24) is 9.97 Å². The van der Waals surface area contributed by atoms with E-state index >= 15 is 0 Å². The Hall–Kier alpha value is -2.98.